The van der Waals surface area contributed by atoms with Gasteiger partial charge in [-0.05, 0) is 25.2 Å². The maximum atomic E-state index is 12.5. The Morgan fingerprint density at radius 2 is 1.89 bits per heavy atom. The molecule has 0 aromatic rings. The third-order valence-electron chi connectivity index (χ3n) is 4.82. The summed E-state index contributed by atoms with van der Waals surface area (Å²) >= 11 is 0. The summed E-state index contributed by atoms with van der Waals surface area (Å²) < 4.78 is 5.48. The lowest BCUT2D eigenvalue weighted by Crippen LogP contribution is -2.50. The molecule has 1 saturated carbocycles. The number of methoxy groups -OCH3 is 1. The van der Waals surface area contributed by atoms with Crippen molar-refractivity contribution in [2.45, 2.75) is 39.2 Å². The second kappa shape index (κ2) is 4.47. The summed E-state index contributed by atoms with van der Waals surface area (Å²) in [5.41, 5.74) is -0.727. The summed E-state index contributed by atoms with van der Waals surface area (Å²) in [5, 5.41) is 9.16. The third kappa shape index (κ3) is 2.36. The van der Waals surface area contributed by atoms with Gasteiger partial charge >= 0.3 is 5.97 Å². The Labute approximate surface area is 113 Å². The Kier molecular flexibility index (Phi) is 3.37. The van der Waals surface area contributed by atoms with Crippen molar-refractivity contribution in [1.29, 1.82) is 0 Å². The molecule has 0 radical (unpaired) electrons. The summed E-state index contributed by atoms with van der Waals surface area (Å²) in [6, 6.07) is 0. The van der Waals surface area contributed by atoms with Crippen LogP contribution in [0.1, 0.15) is 33.6 Å². The van der Waals surface area contributed by atoms with Gasteiger partial charge in [-0.1, -0.05) is 13.8 Å². The fourth-order valence-corrected chi connectivity index (χ4v) is 3.32. The fourth-order valence-electron chi connectivity index (χ4n) is 3.32. The highest BCUT2D eigenvalue weighted by molar-refractivity contribution is 5.91. The van der Waals surface area contributed by atoms with Gasteiger partial charge in [0.05, 0.1) is 17.4 Å². The monoisotopic (exact) mass is 269 g/mol. The Balaban J connectivity index is 2.07. The first kappa shape index (κ1) is 14.3. The second-order valence-corrected chi connectivity index (χ2v) is 6.63. The van der Waals surface area contributed by atoms with Crippen LogP contribution in [0.2, 0.25) is 0 Å². The normalized spacial score (nSPS) is 36.9. The van der Waals surface area contributed by atoms with Crippen molar-refractivity contribution in [2.24, 2.45) is 17.3 Å². The lowest BCUT2D eigenvalue weighted by Gasteiger charge is -2.39. The van der Waals surface area contributed by atoms with Gasteiger partial charge in [0, 0.05) is 20.2 Å². The number of hydrogen-bond acceptors (Lipinski definition) is 3. The quantitative estimate of drug-likeness (QED) is 0.840. The number of carbonyl (C=O) groups excluding carboxylic acids is 1. The number of amides is 1. The number of carboxylic acids is 1. The van der Waals surface area contributed by atoms with E-state index in [9.17, 15) is 9.59 Å². The molecule has 1 amide bonds. The van der Waals surface area contributed by atoms with E-state index in [1.807, 2.05) is 20.8 Å². The van der Waals surface area contributed by atoms with Gasteiger partial charge in [-0.25, -0.2) is 0 Å². The molecule has 19 heavy (non-hydrogen) atoms. The van der Waals surface area contributed by atoms with E-state index in [-0.39, 0.29) is 17.4 Å². The summed E-state index contributed by atoms with van der Waals surface area (Å²) in [6.07, 6.45) is 1.84. The van der Waals surface area contributed by atoms with Gasteiger partial charge in [0.1, 0.15) is 0 Å². The smallest absolute Gasteiger partial charge is 0.307 e. The predicted molar refractivity (Wildman–Crippen MR) is 69.6 cm³/mol. The van der Waals surface area contributed by atoms with Crippen LogP contribution in [-0.2, 0) is 14.3 Å². The fraction of sp³-hybridized carbons (Fsp3) is 0.857. The average Bonchev–Trinajstić information content (AvgIpc) is 2.91. The minimum Gasteiger partial charge on any atom is -0.481 e. The third-order valence-corrected chi connectivity index (χ3v) is 4.82. The summed E-state index contributed by atoms with van der Waals surface area (Å²) in [4.78, 5) is 25.4. The predicted octanol–water partition coefficient (Wildman–Crippen LogP) is 1.37. The highest BCUT2D eigenvalue weighted by Crippen LogP contribution is 2.59. The van der Waals surface area contributed by atoms with Gasteiger partial charge in [-0.2, -0.15) is 0 Å². The molecule has 3 atom stereocenters. The summed E-state index contributed by atoms with van der Waals surface area (Å²) in [7, 11) is 1.66. The van der Waals surface area contributed by atoms with Crippen LogP contribution in [0.5, 0.6) is 0 Å². The zero-order chi connectivity index (χ0) is 14.4. The van der Waals surface area contributed by atoms with Gasteiger partial charge in [-0.3, -0.25) is 9.59 Å². The maximum Gasteiger partial charge on any atom is 0.307 e. The number of ether oxygens (including phenoxy) is 1. The van der Waals surface area contributed by atoms with E-state index < -0.39 is 17.3 Å². The van der Waals surface area contributed by atoms with E-state index in [0.717, 1.165) is 12.8 Å². The largest absolute Gasteiger partial charge is 0.481 e. The van der Waals surface area contributed by atoms with Crippen molar-refractivity contribution in [3.05, 3.63) is 0 Å². The van der Waals surface area contributed by atoms with E-state index in [1.54, 1.807) is 12.0 Å². The topological polar surface area (TPSA) is 66.8 Å². The van der Waals surface area contributed by atoms with Crippen molar-refractivity contribution < 1.29 is 19.4 Å². The molecule has 1 aliphatic heterocycles. The molecule has 2 aliphatic rings. The second-order valence-electron chi connectivity index (χ2n) is 6.63. The highest BCUT2D eigenvalue weighted by Gasteiger charge is 2.66. The SMILES string of the molecule is COC1(C)CCCN(C(=O)[C@H]2[C@@H](C(=O)O)C2(C)C)C1. The lowest BCUT2D eigenvalue weighted by molar-refractivity contribution is -0.145. The number of carboxylic acid groups (broad SMARTS) is 1. The number of aliphatic carboxylic acids is 1. The number of rotatable bonds is 3. The number of hydrogen-bond donors (Lipinski definition) is 1. The minimum atomic E-state index is -0.866. The van der Waals surface area contributed by atoms with Crippen molar-refractivity contribution in [2.75, 3.05) is 20.2 Å². The van der Waals surface area contributed by atoms with Crippen LogP contribution in [0.4, 0.5) is 0 Å². The van der Waals surface area contributed by atoms with E-state index in [1.165, 1.54) is 0 Å². The molecule has 0 bridgehead atoms. The molecule has 0 aromatic carbocycles. The maximum absolute atomic E-state index is 12.5. The van der Waals surface area contributed by atoms with Crippen LogP contribution in [0.3, 0.4) is 0 Å². The van der Waals surface area contributed by atoms with Gasteiger partial charge < -0.3 is 14.7 Å². The molecule has 2 rings (SSSR count). The van der Waals surface area contributed by atoms with Gasteiger partial charge in [0.15, 0.2) is 0 Å². The van der Waals surface area contributed by atoms with Crippen LogP contribution < -0.4 is 0 Å². The van der Waals surface area contributed by atoms with E-state index >= 15 is 0 Å². The van der Waals surface area contributed by atoms with E-state index in [0.29, 0.717) is 13.1 Å². The first-order valence-electron chi connectivity index (χ1n) is 6.80. The molecule has 2 fully saturated rings. The van der Waals surface area contributed by atoms with Crippen molar-refractivity contribution in [3.63, 3.8) is 0 Å². The number of likely N-dealkylation sites (tertiary alicyclic amines) is 1. The average molecular weight is 269 g/mol. The van der Waals surface area contributed by atoms with Gasteiger partial charge in [-0.15, -0.1) is 0 Å². The molecule has 0 aromatic heterocycles. The van der Waals surface area contributed by atoms with E-state index in [2.05, 4.69) is 0 Å². The molecule has 1 N–H and O–H groups in total. The molecule has 1 heterocycles. The summed E-state index contributed by atoms with van der Waals surface area (Å²) in [6.45, 7) is 6.97. The lowest BCUT2D eigenvalue weighted by atomic mass is 9.94. The Bertz CT molecular complexity index is 406. The van der Waals surface area contributed by atoms with E-state index in [4.69, 9.17) is 9.84 Å². The van der Waals surface area contributed by atoms with Crippen LogP contribution >= 0.6 is 0 Å². The molecule has 1 saturated heterocycles. The number of carbonyl (C=O) groups is 2. The number of nitrogens with zero attached hydrogens (tertiary/aromatic N) is 1. The zero-order valence-corrected chi connectivity index (χ0v) is 12.1. The van der Waals surface area contributed by atoms with Crippen LogP contribution in [0.25, 0.3) is 0 Å². The molecule has 108 valence electrons. The Hall–Kier alpha value is -1.10. The molecule has 5 nitrogen and oxygen atoms in total. The molecule has 5 heteroatoms. The molecule has 1 unspecified atom stereocenters. The molecule has 1 aliphatic carbocycles. The molecule has 0 spiro atoms. The zero-order valence-electron chi connectivity index (χ0n) is 12.1. The summed E-state index contributed by atoms with van der Waals surface area (Å²) in [5.74, 6) is -1.82. The Morgan fingerprint density at radius 3 is 2.37 bits per heavy atom. The van der Waals surface area contributed by atoms with Gasteiger partial charge in [0.2, 0.25) is 5.91 Å². The van der Waals surface area contributed by atoms with Crippen molar-refractivity contribution in [3.8, 4) is 0 Å². The van der Waals surface area contributed by atoms with Crippen LogP contribution in [0, 0.1) is 17.3 Å². The number of piperidine rings is 1. The minimum absolute atomic E-state index is 0.0274. The molecular weight excluding hydrogens is 246 g/mol. The first-order chi connectivity index (χ1) is 8.73. The van der Waals surface area contributed by atoms with Crippen LogP contribution in [-0.4, -0.2) is 47.7 Å². The molecular formula is C14H23NO4. The highest BCUT2D eigenvalue weighted by atomic mass is 16.5. The van der Waals surface area contributed by atoms with Crippen LogP contribution in [0.15, 0.2) is 0 Å². The Morgan fingerprint density at radius 1 is 1.26 bits per heavy atom. The van der Waals surface area contributed by atoms with Crippen molar-refractivity contribution in [1.82, 2.24) is 4.90 Å². The van der Waals surface area contributed by atoms with Crippen molar-refractivity contribution >= 4 is 11.9 Å². The first-order valence-corrected chi connectivity index (χ1v) is 6.80. The van der Waals surface area contributed by atoms with Gasteiger partial charge in [0.25, 0.3) is 0 Å². The standard InChI is InChI=1S/C14H23NO4/c1-13(2)9(10(13)12(17)18)11(16)15-7-5-6-14(3,8-15)19-4/h9-10H,5-8H2,1-4H3,(H,17,18)/t9-,10+,14?/m1/s1.